The van der Waals surface area contributed by atoms with Gasteiger partial charge in [-0.05, 0) is 20.8 Å². The minimum absolute atomic E-state index is 0.261. The third-order valence-electron chi connectivity index (χ3n) is 2.51. The molecule has 0 aliphatic carbocycles. The molecule has 0 spiro atoms. The van der Waals surface area contributed by atoms with Crippen molar-refractivity contribution in [2.24, 2.45) is 0 Å². The summed E-state index contributed by atoms with van der Waals surface area (Å²) in [6.07, 6.45) is 0. The number of aliphatic carboxylic acids is 1. The second-order valence-electron chi connectivity index (χ2n) is 3.87. The topological polar surface area (TPSA) is 77.9 Å². The van der Waals surface area contributed by atoms with Gasteiger partial charge in [0.1, 0.15) is 12.1 Å². The van der Waals surface area contributed by atoms with Crippen LogP contribution in [0, 0.1) is 0 Å². The van der Waals surface area contributed by atoms with Gasteiger partial charge in [-0.15, -0.1) is 0 Å². The second kappa shape index (κ2) is 3.52. The molecule has 0 aromatic rings. The largest absolute Gasteiger partial charge is 0.480 e. The summed E-state index contributed by atoms with van der Waals surface area (Å²) in [4.78, 5) is 36.1. The van der Waals surface area contributed by atoms with E-state index in [0.29, 0.717) is 0 Å². The summed E-state index contributed by atoms with van der Waals surface area (Å²) >= 11 is 0. The molecule has 84 valence electrons. The number of rotatable bonds is 3. The standard InChI is InChI=1S/C9H14N2O4/c1-4-10-7(14)9(2,3)11(8(10)15)5-6(12)13/h4-5H2,1-3H3,(H,12,13). The average Bonchev–Trinajstić information content (AvgIpc) is 2.27. The van der Waals surface area contributed by atoms with E-state index in [1.54, 1.807) is 20.8 Å². The lowest BCUT2D eigenvalue weighted by Gasteiger charge is -2.25. The monoisotopic (exact) mass is 214 g/mol. The van der Waals surface area contributed by atoms with Gasteiger partial charge in [0, 0.05) is 6.54 Å². The second-order valence-corrected chi connectivity index (χ2v) is 3.87. The minimum atomic E-state index is -1.12. The van der Waals surface area contributed by atoms with Crippen LogP contribution in [0.25, 0.3) is 0 Å². The van der Waals surface area contributed by atoms with E-state index in [9.17, 15) is 14.4 Å². The number of carboxylic acid groups (broad SMARTS) is 1. The highest BCUT2D eigenvalue weighted by molar-refractivity contribution is 6.07. The molecule has 0 unspecified atom stereocenters. The maximum Gasteiger partial charge on any atom is 0.328 e. The van der Waals surface area contributed by atoms with Gasteiger partial charge in [-0.25, -0.2) is 4.79 Å². The maximum absolute atomic E-state index is 11.7. The fraction of sp³-hybridized carbons (Fsp3) is 0.667. The molecule has 6 heteroatoms. The summed E-state index contributed by atoms with van der Waals surface area (Å²) in [5, 5.41) is 8.65. The molecule has 15 heavy (non-hydrogen) atoms. The molecule has 0 radical (unpaired) electrons. The Morgan fingerprint density at radius 2 is 1.93 bits per heavy atom. The molecule has 1 rings (SSSR count). The van der Waals surface area contributed by atoms with Gasteiger partial charge in [0.15, 0.2) is 0 Å². The van der Waals surface area contributed by atoms with E-state index in [1.807, 2.05) is 0 Å². The predicted octanol–water partition coefficient (Wildman–Crippen LogP) is 0.134. The quantitative estimate of drug-likeness (QED) is 0.677. The van der Waals surface area contributed by atoms with E-state index in [1.165, 1.54) is 0 Å². The van der Waals surface area contributed by atoms with Gasteiger partial charge in [0.2, 0.25) is 0 Å². The minimum Gasteiger partial charge on any atom is -0.480 e. The van der Waals surface area contributed by atoms with Crippen molar-refractivity contribution in [2.45, 2.75) is 26.3 Å². The molecular formula is C9H14N2O4. The van der Waals surface area contributed by atoms with Crippen molar-refractivity contribution in [1.82, 2.24) is 9.80 Å². The average molecular weight is 214 g/mol. The maximum atomic E-state index is 11.7. The molecule has 1 aliphatic rings. The first-order valence-corrected chi connectivity index (χ1v) is 4.67. The number of hydrogen-bond donors (Lipinski definition) is 1. The number of amides is 3. The van der Waals surface area contributed by atoms with E-state index >= 15 is 0 Å². The molecule has 1 N–H and O–H groups in total. The Morgan fingerprint density at radius 1 is 1.40 bits per heavy atom. The first-order chi connectivity index (χ1) is 6.82. The summed E-state index contributed by atoms with van der Waals surface area (Å²) in [7, 11) is 0. The van der Waals surface area contributed by atoms with Crippen molar-refractivity contribution in [2.75, 3.05) is 13.1 Å². The fourth-order valence-electron chi connectivity index (χ4n) is 1.60. The number of carbonyl (C=O) groups excluding carboxylic acids is 2. The lowest BCUT2D eigenvalue weighted by Crippen LogP contribution is -2.46. The van der Waals surface area contributed by atoms with E-state index in [2.05, 4.69) is 0 Å². The van der Waals surface area contributed by atoms with Crippen molar-refractivity contribution in [3.63, 3.8) is 0 Å². The number of nitrogens with zero attached hydrogens (tertiary/aromatic N) is 2. The molecule has 1 saturated heterocycles. The van der Waals surface area contributed by atoms with Crippen molar-refractivity contribution in [1.29, 1.82) is 0 Å². The van der Waals surface area contributed by atoms with Crippen LogP contribution in [0.5, 0.6) is 0 Å². The summed E-state index contributed by atoms with van der Waals surface area (Å²) in [5.74, 6) is -1.47. The molecule has 0 aromatic heterocycles. The highest BCUT2D eigenvalue weighted by Crippen LogP contribution is 2.26. The molecule has 6 nitrogen and oxygen atoms in total. The Labute approximate surface area is 87.5 Å². The van der Waals surface area contributed by atoms with E-state index in [4.69, 9.17) is 5.11 Å². The number of likely N-dealkylation sites (N-methyl/N-ethyl adjacent to an activating group) is 1. The first-order valence-electron chi connectivity index (χ1n) is 4.67. The third-order valence-corrected chi connectivity index (χ3v) is 2.51. The van der Waals surface area contributed by atoms with Crippen LogP contribution >= 0.6 is 0 Å². The number of urea groups is 1. The van der Waals surface area contributed by atoms with E-state index in [0.717, 1.165) is 9.80 Å². The van der Waals surface area contributed by atoms with E-state index in [-0.39, 0.29) is 12.5 Å². The normalized spacial score (nSPS) is 19.9. The zero-order chi connectivity index (χ0) is 11.8. The highest BCUT2D eigenvalue weighted by atomic mass is 16.4. The van der Waals surface area contributed by atoms with Gasteiger partial charge in [0.25, 0.3) is 5.91 Å². The van der Waals surface area contributed by atoms with Crippen LogP contribution < -0.4 is 0 Å². The fourth-order valence-corrected chi connectivity index (χ4v) is 1.60. The van der Waals surface area contributed by atoms with Gasteiger partial charge in [-0.1, -0.05) is 0 Å². The molecule has 0 saturated carbocycles. The van der Waals surface area contributed by atoms with Crippen LogP contribution in [0.15, 0.2) is 0 Å². The summed E-state index contributed by atoms with van der Waals surface area (Å²) < 4.78 is 0. The van der Waals surface area contributed by atoms with Crippen LogP contribution in [0.4, 0.5) is 4.79 Å². The zero-order valence-electron chi connectivity index (χ0n) is 8.98. The predicted molar refractivity (Wildman–Crippen MR) is 51.2 cm³/mol. The molecule has 1 fully saturated rings. The summed E-state index contributed by atoms with van der Waals surface area (Å²) in [5.41, 5.74) is -1.06. The van der Waals surface area contributed by atoms with E-state index < -0.39 is 24.1 Å². The number of carbonyl (C=O) groups is 3. The Bertz CT molecular complexity index is 324. The van der Waals surface area contributed by atoms with Gasteiger partial charge in [-0.3, -0.25) is 19.4 Å². The number of hydrogen-bond acceptors (Lipinski definition) is 3. The SMILES string of the molecule is CCN1C(=O)N(CC(=O)O)C(C)(C)C1=O. The third kappa shape index (κ3) is 1.67. The summed E-state index contributed by atoms with van der Waals surface area (Å²) in [6, 6.07) is -0.532. The van der Waals surface area contributed by atoms with Gasteiger partial charge >= 0.3 is 12.0 Å². The van der Waals surface area contributed by atoms with Crippen LogP contribution in [-0.2, 0) is 9.59 Å². The number of carboxylic acids is 1. The molecule has 0 aromatic carbocycles. The van der Waals surface area contributed by atoms with Crippen LogP contribution in [0.3, 0.4) is 0 Å². The molecule has 0 bridgehead atoms. The molecular weight excluding hydrogens is 200 g/mol. The molecule has 3 amide bonds. The Morgan fingerprint density at radius 3 is 2.27 bits per heavy atom. The van der Waals surface area contributed by atoms with Crippen LogP contribution in [0.1, 0.15) is 20.8 Å². The highest BCUT2D eigenvalue weighted by Gasteiger charge is 2.50. The Kier molecular flexibility index (Phi) is 2.70. The first kappa shape index (κ1) is 11.5. The molecule has 1 aliphatic heterocycles. The lowest BCUT2D eigenvalue weighted by atomic mass is 10.0. The number of imide groups is 1. The van der Waals surface area contributed by atoms with Crippen LogP contribution in [-0.4, -0.2) is 51.4 Å². The van der Waals surface area contributed by atoms with Gasteiger partial charge in [-0.2, -0.15) is 0 Å². The summed E-state index contributed by atoms with van der Waals surface area (Å²) in [6.45, 7) is 4.58. The Balaban J connectivity index is 3.01. The van der Waals surface area contributed by atoms with Crippen LogP contribution in [0.2, 0.25) is 0 Å². The molecule has 1 heterocycles. The lowest BCUT2D eigenvalue weighted by molar-refractivity contribution is -0.139. The van der Waals surface area contributed by atoms with Crippen molar-refractivity contribution in [3.8, 4) is 0 Å². The van der Waals surface area contributed by atoms with Gasteiger partial charge < -0.3 is 5.11 Å². The van der Waals surface area contributed by atoms with Crippen molar-refractivity contribution in [3.05, 3.63) is 0 Å². The van der Waals surface area contributed by atoms with Crippen molar-refractivity contribution >= 4 is 17.9 Å². The van der Waals surface area contributed by atoms with Crippen molar-refractivity contribution < 1.29 is 19.5 Å². The smallest absolute Gasteiger partial charge is 0.328 e. The van der Waals surface area contributed by atoms with Gasteiger partial charge in [0.05, 0.1) is 0 Å². The molecule has 0 atom stereocenters. The Hall–Kier alpha value is -1.59. The zero-order valence-corrected chi connectivity index (χ0v) is 8.98.